The first-order valence-corrected chi connectivity index (χ1v) is 7.91. The number of hydrogen-bond donors (Lipinski definition) is 1. The minimum absolute atomic E-state index is 0.0481. The van der Waals surface area contributed by atoms with Crippen LogP contribution < -0.4 is 4.74 Å². The van der Waals surface area contributed by atoms with Crippen molar-refractivity contribution < 1.29 is 9.53 Å². The zero-order chi connectivity index (χ0) is 15.6. The molecule has 1 fully saturated rings. The summed E-state index contributed by atoms with van der Waals surface area (Å²) in [6, 6.07) is 6.45. The molecular weight excluding hydrogens is 294 g/mol. The molecular formula is C16H19N5O2. The second kappa shape index (κ2) is 6.00. The van der Waals surface area contributed by atoms with E-state index < -0.39 is 0 Å². The van der Waals surface area contributed by atoms with E-state index in [1.165, 1.54) is 17.3 Å². The summed E-state index contributed by atoms with van der Waals surface area (Å²) in [6.07, 6.45) is 2.48. The molecule has 0 saturated carbocycles. The summed E-state index contributed by atoms with van der Waals surface area (Å²) in [5.41, 5.74) is 3.00. The van der Waals surface area contributed by atoms with Crippen molar-refractivity contribution in [2.24, 2.45) is 0 Å². The van der Waals surface area contributed by atoms with Gasteiger partial charge in [0, 0.05) is 39.1 Å². The Morgan fingerprint density at radius 1 is 1.26 bits per heavy atom. The van der Waals surface area contributed by atoms with Crippen LogP contribution in [-0.2, 0) is 13.0 Å². The van der Waals surface area contributed by atoms with Crippen molar-refractivity contribution in [2.75, 3.05) is 32.8 Å². The molecule has 0 unspecified atom stereocenters. The molecule has 1 N–H and O–H groups in total. The van der Waals surface area contributed by atoms with Gasteiger partial charge < -0.3 is 9.64 Å². The minimum Gasteiger partial charge on any atom is -0.493 e. The standard InChI is InChI=1S/C16H19N5O2/c22-16(14-10-17-19-18-14)21-6-4-20(5-7-21)11-12-1-2-15-13(9-12)3-8-23-15/h1-2,9-10H,3-8,11H2,(H,17,18,19). The first-order valence-electron chi connectivity index (χ1n) is 7.91. The summed E-state index contributed by atoms with van der Waals surface area (Å²) in [5, 5.41) is 10.0. The molecule has 2 aromatic rings. The van der Waals surface area contributed by atoms with Crippen LogP contribution in [0.15, 0.2) is 24.4 Å². The summed E-state index contributed by atoms with van der Waals surface area (Å²) < 4.78 is 5.55. The monoisotopic (exact) mass is 313 g/mol. The number of aromatic nitrogens is 3. The van der Waals surface area contributed by atoms with Gasteiger partial charge in [0.25, 0.3) is 5.91 Å². The van der Waals surface area contributed by atoms with Gasteiger partial charge in [0.2, 0.25) is 0 Å². The number of benzene rings is 1. The van der Waals surface area contributed by atoms with E-state index in [4.69, 9.17) is 4.74 Å². The smallest absolute Gasteiger partial charge is 0.276 e. The molecule has 0 aliphatic carbocycles. The van der Waals surface area contributed by atoms with Gasteiger partial charge in [-0.1, -0.05) is 12.1 Å². The molecule has 1 amide bonds. The van der Waals surface area contributed by atoms with Crippen LogP contribution in [0.1, 0.15) is 21.6 Å². The molecule has 120 valence electrons. The number of fused-ring (bicyclic) bond motifs is 1. The van der Waals surface area contributed by atoms with Crippen molar-refractivity contribution in [3.05, 3.63) is 41.2 Å². The van der Waals surface area contributed by atoms with E-state index in [1.54, 1.807) is 0 Å². The van der Waals surface area contributed by atoms with Crippen molar-refractivity contribution in [2.45, 2.75) is 13.0 Å². The summed E-state index contributed by atoms with van der Waals surface area (Å²) in [6.45, 7) is 4.90. The first-order chi connectivity index (χ1) is 11.3. The SMILES string of the molecule is O=C(c1cn[nH]n1)N1CCN(Cc2ccc3c(c2)CCO3)CC1. The maximum Gasteiger partial charge on any atom is 0.276 e. The molecule has 4 rings (SSSR count). The highest BCUT2D eigenvalue weighted by Gasteiger charge is 2.23. The van der Waals surface area contributed by atoms with Crippen LogP contribution >= 0.6 is 0 Å². The lowest BCUT2D eigenvalue weighted by atomic mass is 10.1. The van der Waals surface area contributed by atoms with Crippen LogP contribution in [0.3, 0.4) is 0 Å². The van der Waals surface area contributed by atoms with E-state index in [0.29, 0.717) is 5.69 Å². The number of hydrogen-bond acceptors (Lipinski definition) is 5. The quantitative estimate of drug-likeness (QED) is 0.903. The van der Waals surface area contributed by atoms with Gasteiger partial charge in [-0.2, -0.15) is 15.4 Å². The minimum atomic E-state index is -0.0481. The highest BCUT2D eigenvalue weighted by Crippen LogP contribution is 2.26. The molecule has 7 heteroatoms. The zero-order valence-corrected chi connectivity index (χ0v) is 12.9. The number of nitrogens with zero attached hydrogens (tertiary/aromatic N) is 4. The van der Waals surface area contributed by atoms with E-state index in [9.17, 15) is 4.79 Å². The Kier molecular flexibility index (Phi) is 3.70. The Balaban J connectivity index is 1.34. The van der Waals surface area contributed by atoms with Crippen LogP contribution in [0.2, 0.25) is 0 Å². The number of H-pyrrole nitrogens is 1. The van der Waals surface area contributed by atoms with Crippen LogP contribution in [0.25, 0.3) is 0 Å². The van der Waals surface area contributed by atoms with Crippen molar-refractivity contribution in [1.82, 2.24) is 25.2 Å². The highest BCUT2D eigenvalue weighted by atomic mass is 16.5. The fourth-order valence-corrected chi connectivity index (χ4v) is 3.17. The number of piperazine rings is 1. The third-order valence-corrected chi connectivity index (χ3v) is 4.45. The molecule has 2 aliphatic heterocycles. The van der Waals surface area contributed by atoms with Crippen molar-refractivity contribution >= 4 is 5.91 Å². The number of amides is 1. The predicted octanol–water partition coefficient (Wildman–Crippen LogP) is 0.698. The lowest BCUT2D eigenvalue weighted by Crippen LogP contribution is -2.48. The Bertz CT molecular complexity index is 693. The van der Waals surface area contributed by atoms with E-state index in [1.807, 2.05) is 4.90 Å². The number of aromatic amines is 1. The predicted molar refractivity (Wildman–Crippen MR) is 83.2 cm³/mol. The fraction of sp³-hybridized carbons (Fsp3) is 0.438. The van der Waals surface area contributed by atoms with Gasteiger partial charge in [-0.05, 0) is 17.2 Å². The van der Waals surface area contributed by atoms with Crippen molar-refractivity contribution in [3.8, 4) is 5.75 Å². The maximum absolute atomic E-state index is 12.2. The average molecular weight is 313 g/mol. The summed E-state index contributed by atoms with van der Waals surface area (Å²) in [4.78, 5) is 16.4. The number of carbonyl (C=O) groups is 1. The van der Waals surface area contributed by atoms with Gasteiger partial charge in [-0.3, -0.25) is 9.69 Å². The number of nitrogens with one attached hydrogen (secondary N) is 1. The molecule has 0 bridgehead atoms. The second-order valence-electron chi connectivity index (χ2n) is 5.96. The van der Waals surface area contributed by atoms with Gasteiger partial charge in [-0.15, -0.1) is 0 Å². The second-order valence-corrected chi connectivity index (χ2v) is 5.96. The lowest BCUT2D eigenvalue weighted by molar-refractivity contribution is 0.0622. The molecule has 2 aliphatic rings. The number of carbonyl (C=O) groups excluding carboxylic acids is 1. The van der Waals surface area contributed by atoms with Crippen molar-refractivity contribution in [3.63, 3.8) is 0 Å². The number of ether oxygens (including phenoxy) is 1. The average Bonchev–Trinajstić information content (AvgIpc) is 3.26. The molecule has 3 heterocycles. The van der Waals surface area contributed by atoms with E-state index in [2.05, 4.69) is 38.5 Å². The summed E-state index contributed by atoms with van der Waals surface area (Å²) >= 11 is 0. The van der Waals surface area contributed by atoms with Gasteiger partial charge in [-0.25, -0.2) is 0 Å². The van der Waals surface area contributed by atoms with Gasteiger partial charge in [0.1, 0.15) is 5.75 Å². The largest absolute Gasteiger partial charge is 0.493 e. The summed E-state index contributed by atoms with van der Waals surface area (Å²) in [7, 11) is 0. The Labute approximate surface area is 134 Å². The third kappa shape index (κ3) is 2.92. The topological polar surface area (TPSA) is 74.4 Å². The summed E-state index contributed by atoms with van der Waals surface area (Å²) in [5.74, 6) is 0.977. The van der Waals surface area contributed by atoms with Crippen molar-refractivity contribution in [1.29, 1.82) is 0 Å². The number of rotatable bonds is 3. The lowest BCUT2D eigenvalue weighted by Gasteiger charge is -2.34. The molecule has 0 spiro atoms. The Morgan fingerprint density at radius 3 is 2.91 bits per heavy atom. The van der Waals surface area contributed by atoms with E-state index in [0.717, 1.165) is 51.5 Å². The Morgan fingerprint density at radius 2 is 2.13 bits per heavy atom. The van der Waals surface area contributed by atoms with Crippen LogP contribution in [0, 0.1) is 0 Å². The van der Waals surface area contributed by atoms with Gasteiger partial charge >= 0.3 is 0 Å². The molecule has 1 saturated heterocycles. The third-order valence-electron chi connectivity index (χ3n) is 4.45. The van der Waals surface area contributed by atoms with E-state index in [-0.39, 0.29) is 5.91 Å². The molecule has 1 aromatic heterocycles. The molecule has 0 radical (unpaired) electrons. The first kappa shape index (κ1) is 14.2. The molecule has 0 atom stereocenters. The van der Waals surface area contributed by atoms with Crippen LogP contribution in [0.4, 0.5) is 0 Å². The maximum atomic E-state index is 12.2. The highest BCUT2D eigenvalue weighted by molar-refractivity contribution is 5.91. The van der Waals surface area contributed by atoms with Crippen LogP contribution in [0.5, 0.6) is 5.75 Å². The molecule has 1 aromatic carbocycles. The molecule has 7 nitrogen and oxygen atoms in total. The van der Waals surface area contributed by atoms with E-state index >= 15 is 0 Å². The fourth-order valence-electron chi connectivity index (χ4n) is 3.17. The van der Waals surface area contributed by atoms with Gasteiger partial charge in [0.05, 0.1) is 12.8 Å². The van der Waals surface area contributed by atoms with Crippen LogP contribution in [-0.4, -0.2) is 63.9 Å². The molecule has 23 heavy (non-hydrogen) atoms. The normalized spacial score (nSPS) is 17.8. The van der Waals surface area contributed by atoms with Gasteiger partial charge in [0.15, 0.2) is 5.69 Å². The Hall–Kier alpha value is -2.41. The zero-order valence-electron chi connectivity index (χ0n) is 12.9.